The first-order valence-corrected chi connectivity index (χ1v) is 8.89. The first kappa shape index (κ1) is 17.8. The summed E-state index contributed by atoms with van der Waals surface area (Å²) in [5, 5.41) is 9.55. The summed E-state index contributed by atoms with van der Waals surface area (Å²) in [6.45, 7) is 4.97. The number of hydrazine groups is 1. The standard InChI is InChI=1S/C18H26N4O3/c1-11-14(12(2)21-20-11)3-4-17(23)22-9-15(16(10-22)18(24)25)13-5-7-19-8-6-13/h5-8,11-12,14-16,20-21H,3-4,9-10H2,1-2H3,(H,24,25)/t11?,12?,14?,15-,16+/m1/s1. The zero-order valence-corrected chi connectivity index (χ0v) is 14.7. The maximum atomic E-state index is 12.6. The van der Waals surface area contributed by atoms with Crippen molar-refractivity contribution in [1.29, 1.82) is 0 Å². The molecule has 2 unspecified atom stereocenters. The maximum Gasteiger partial charge on any atom is 0.308 e. The predicted molar refractivity (Wildman–Crippen MR) is 92.6 cm³/mol. The quantitative estimate of drug-likeness (QED) is 0.736. The van der Waals surface area contributed by atoms with E-state index >= 15 is 0 Å². The molecule has 2 saturated heterocycles. The number of pyridine rings is 1. The topological polar surface area (TPSA) is 94.6 Å². The summed E-state index contributed by atoms with van der Waals surface area (Å²) in [6, 6.07) is 4.34. The zero-order chi connectivity index (χ0) is 18.0. The Kier molecular flexibility index (Phi) is 5.34. The second kappa shape index (κ2) is 7.49. The predicted octanol–water partition coefficient (Wildman–Crippen LogP) is 0.989. The molecule has 2 aliphatic rings. The normalized spacial score (nSPS) is 32.1. The number of aromatic nitrogens is 1. The van der Waals surface area contributed by atoms with Gasteiger partial charge in [0.15, 0.2) is 0 Å². The van der Waals surface area contributed by atoms with Crippen molar-refractivity contribution in [2.45, 2.75) is 44.7 Å². The summed E-state index contributed by atoms with van der Waals surface area (Å²) in [5.41, 5.74) is 7.34. The van der Waals surface area contributed by atoms with E-state index in [2.05, 4.69) is 29.7 Å². The summed E-state index contributed by atoms with van der Waals surface area (Å²) >= 11 is 0. The lowest BCUT2D eigenvalue weighted by atomic mass is 9.90. The molecule has 0 radical (unpaired) electrons. The number of likely N-dealkylation sites (tertiary alicyclic amines) is 1. The number of amides is 1. The first-order valence-electron chi connectivity index (χ1n) is 8.89. The molecule has 1 aromatic rings. The lowest BCUT2D eigenvalue weighted by Gasteiger charge is -2.20. The van der Waals surface area contributed by atoms with E-state index in [0.717, 1.165) is 12.0 Å². The minimum absolute atomic E-state index is 0.0501. The SMILES string of the molecule is CC1NNC(C)C1CCC(=O)N1C[C@H](C(=O)O)[C@@H](c2ccncc2)C1. The number of carbonyl (C=O) groups excluding carboxylic acids is 1. The van der Waals surface area contributed by atoms with Crippen molar-refractivity contribution >= 4 is 11.9 Å². The number of hydrogen-bond acceptors (Lipinski definition) is 5. The van der Waals surface area contributed by atoms with Crippen molar-refractivity contribution in [2.75, 3.05) is 13.1 Å². The molecule has 2 aliphatic heterocycles. The van der Waals surface area contributed by atoms with Gasteiger partial charge in [-0.1, -0.05) is 0 Å². The van der Waals surface area contributed by atoms with Crippen molar-refractivity contribution < 1.29 is 14.7 Å². The molecule has 4 atom stereocenters. The molecule has 0 aliphatic carbocycles. The minimum Gasteiger partial charge on any atom is -0.481 e. The fourth-order valence-electron chi connectivity index (χ4n) is 4.06. The summed E-state index contributed by atoms with van der Waals surface area (Å²) < 4.78 is 0. The maximum absolute atomic E-state index is 12.6. The van der Waals surface area contributed by atoms with Gasteiger partial charge in [0.1, 0.15) is 0 Å². The fourth-order valence-corrected chi connectivity index (χ4v) is 4.06. The Hall–Kier alpha value is -1.99. The number of aliphatic carboxylic acids is 1. The Balaban J connectivity index is 1.63. The molecular weight excluding hydrogens is 320 g/mol. The molecule has 7 nitrogen and oxygen atoms in total. The van der Waals surface area contributed by atoms with Crippen LogP contribution in [0.2, 0.25) is 0 Å². The summed E-state index contributed by atoms with van der Waals surface area (Å²) in [4.78, 5) is 30.0. The monoisotopic (exact) mass is 346 g/mol. The van der Waals surface area contributed by atoms with Crippen LogP contribution in [-0.2, 0) is 9.59 Å². The van der Waals surface area contributed by atoms with Crippen LogP contribution in [-0.4, -0.2) is 52.0 Å². The Morgan fingerprint density at radius 1 is 1.20 bits per heavy atom. The molecule has 0 spiro atoms. The number of carbonyl (C=O) groups is 2. The molecular formula is C18H26N4O3. The second-order valence-corrected chi connectivity index (χ2v) is 7.20. The van der Waals surface area contributed by atoms with Gasteiger partial charge in [0.2, 0.25) is 5.91 Å². The number of nitrogens with zero attached hydrogens (tertiary/aromatic N) is 2. The van der Waals surface area contributed by atoms with Crippen molar-refractivity contribution in [3.63, 3.8) is 0 Å². The molecule has 25 heavy (non-hydrogen) atoms. The number of carboxylic acids is 1. The van der Waals surface area contributed by atoms with Gasteiger partial charge < -0.3 is 10.0 Å². The van der Waals surface area contributed by atoms with Gasteiger partial charge in [-0.2, -0.15) is 0 Å². The van der Waals surface area contributed by atoms with Crippen LogP contribution in [0.5, 0.6) is 0 Å². The minimum atomic E-state index is -0.844. The molecule has 2 fully saturated rings. The third-order valence-corrected chi connectivity index (χ3v) is 5.64. The van der Waals surface area contributed by atoms with E-state index in [1.54, 1.807) is 17.3 Å². The van der Waals surface area contributed by atoms with Gasteiger partial charge >= 0.3 is 5.97 Å². The Morgan fingerprint density at radius 2 is 1.84 bits per heavy atom. The number of carboxylic acid groups (broad SMARTS) is 1. The van der Waals surface area contributed by atoms with Gasteiger partial charge in [-0.15, -0.1) is 0 Å². The third-order valence-electron chi connectivity index (χ3n) is 5.64. The van der Waals surface area contributed by atoms with Crippen LogP contribution in [0.3, 0.4) is 0 Å². The van der Waals surface area contributed by atoms with Gasteiger partial charge in [0.25, 0.3) is 0 Å². The largest absolute Gasteiger partial charge is 0.481 e. The van der Waals surface area contributed by atoms with Crippen LogP contribution in [0.1, 0.15) is 38.2 Å². The van der Waals surface area contributed by atoms with Crippen LogP contribution >= 0.6 is 0 Å². The highest BCUT2D eigenvalue weighted by Crippen LogP contribution is 2.33. The van der Waals surface area contributed by atoms with E-state index in [9.17, 15) is 14.7 Å². The number of hydrogen-bond donors (Lipinski definition) is 3. The first-order chi connectivity index (χ1) is 12.0. The third kappa shape index (κ3) is 3.82. The van der Waals surface area contributed by atoms with E-state index in [0.29, 0.717) is 31.0 Å². The van der Waals surface area contributed by atoms with E-state index in [4.69, 9.17) is 0 Å². The smallest absolute Gasteiger partial charge is 0.308 e. The van der Waals surface area contributed by atoms with Crippen LogP contribution in [0, 0.1) is 11.8 Å². The Morgan fingerprint density at radius 3 is 2.44 bits per heavy atom. The summed E-state index contributed by atoms with van der Waals surface area (Å²) in [7, 11) is 0. The lowest BCUT2D eigenvalue weighted by molar-refractivity contribution is -0.141. The molecule has 0 aromatic carbocycles. The van der Waals surface area contributed by atoms with Gasteiger partial charge in [-0.25, -0.2) is 0 Å². The van der Waals surface area contributed by atoms with Gasteiger partial charge in [0.05, 0.1) is 5.92 Å². The molecule has 1 amide bonds. The molecule has 136 valence electrons. The molecule has 0 bridgehead atoms. The van der Waals surface area contributed by atoms with E-state index in [-0.39, 0.29) is 18.4 Å². The van der Waals surface area contributed by atoms with Gasteiger partial charge in [-0.05, 0) is 43.9 Å². The van der Waals surface area contributed by atoms with Crippen LogP contribution in [0.15, 0.2) is 24.5 Å². The average molecular weight is 346 g/mol. The Bertz CT molecular complexity index is 614. The number of rotatable bonds is 5. The van der Waals surface area contributed by atoms with Crippen molar-refractivity contribution in [2.24, 2.45) is 11.8 Å². The van der Waals surface area contributed by atoms with Crippen molar-refractivity contribution in [1.82, 2.24) is 20.7 Å². The molecule has 1 aromatic heterocycles. The second-order valence-electron chi connectivity index (χ2n) is 7.20. The van der Waals surface area contributed by atoms with E-state index in [1.165, 1.54) is 0 Å². The molecule has 0 saturated carbocycles. The molecule has 3 rings (SSSR count). The van der Waals surface area contributed by atoms with Crippen molar-refractivity contribution in [3.05, 3.63) is 30.1 Å². The Labute approximate surface area is 147 Å². The molecule has 3 heterocycles. The van der Waals surface area contributed by atoms with Gasteiger partial charge in [-0.3, -0.25) is 25.4 Å². The highest BCUT2D eigenvalue weighted by Gasteiger charge is 2.40. The van der Waals surface area contributed by atoms with Crippen LogP contribution < -0.4 is 10.9 Å². The summed E-state index contributed by atoms with van der Waals surface area (Å²) in [6.07, 6.45) is 4.59. The van der Waals surface area contributed by atoms with Crippen molar-refractivity contribution in [3.8, 4) is 0 Å². The fraction of sp³-hybridized carbons (Fsp3) is 0.611. The zero-order valence-electron chi connectivity index (χ0n) is 14.7. The highest BCUT2D eigenvalue weighted by atomic mass is 16.4. The lowest BCUT2D eigenvalue weighted by Crippen LogP contribution is -2.31. The number of nitrogens with one attached hydrogen (secondary N) is 2. The molecule has 7 heteroatoms. The van der Waals surface area contributed by atoms with Crippen LogP contribution in [0.25, 0.3) is 0 Å². The van der Waals surface area contributed by atoms with E-state index < -0.39 is 11.9 Å². The van der Waals surface area contributed by atoms with E-state index in [1.807, 2.05) is 12.1 Å². The van der Waals surface area contributed by atoms with Gasteiger partial charge in [0, 0.05) is 49.9 Å². The highest BCUT2D eigenvalue weighted by molar-refractivity contribution is 5.79. The van der Waals surface area contributed by atoms with Crippen LogP contribution in [0.4, 0.5) is 0 Å². The summed E-state index contributed by atoms with van der Waals surface area (Å²) in [5.74, 6) is -1.12. The molecule has 3 N–H and O–H groups in total. The average Bonchev–Trinajstić information content (AvgIpc) is 3.18.